The Morgan fingerprint density at radius 1 is 1.22 bits per heavy atom. The summed E-state index contributed by atoms with van der Waals surface area (Å²) in [6.45, 7) is 7.91. The van der Waals surface area contributed by atoms with Crippen LogP contribution in [0, 0.1) is 5.92 Å². The molecular weight excluding hydrogens is 226 g/mol. The van der Waals surface area contributed by atoms with Crippen LogP contribution in [-0.4, -0.2) is 75.9 Å². The molecule has 4 heteroatoms. The molecule has 2 fully saturated rings. The fourth-order valence-electron chi connectivity index (χ4n) is 3.07. The number of likely N-dealkylation sites (N-methyl/N-ethyl adjacent to an activating group) is 1. The molecule has 2 aliphatic heterocycles. The minimum Gasteiger partial charge on any atom is -0.374 e. The van der Waals surface area contributed by atoms with E-state index >= 15 is 0 Å². The quantitative estimate of drug-likeness (QED) is 0.780. The van der Waals surface area contributed by atoms with Gasteiger partial charge in [0.25, 0.3) is 0 Å². The van der Waals surface area contributed by atoms with Gasteiger partial charge < -0.3 is 19.9 Å². The highest BCUT2D eigenvalue weighted by Crippen LogP contribution is 2.20. The van der Waals surface area contributed by atoms with Gasteiger partial charge in [-0.2, -0.15) is 0 Å². The molecule has 0 spiro atoms. The van der Waals surface area contributed by atoms with Crippen LogP contribution in [0.15, 0.2) is 0 Å². The number of ether oxygens (including phenoxy) is 1. The molecule has 1 atom stereocenters. The van der Waals surface area contributed by atoms with E-state index in [2.05, 4.69) is 22.2 Å². The van der Waals surface area contributed by atoms with Gasteiger partial charge in [-0.25, -0.2) is 0 Å². The molecule has 0 aromatic carbocycles. The average molecular weight is 255 g/mol. The van der Waals surface area contributed by atoms with Gasteiger partial charge in [-0.3, -0.25) is 0 Å². The number of piperidine rings is 1. The van der Waals surface area contributed by atoms with E-state index in [1.165, 1.54) is 38.9 Å². The zero-order chi connectivity index (χ0) is 12.8. The largest absolute Gasteiger partial charge is 0.374 e. The summed E-state index contributed by atoms with van der Waals surface area (Å²) >= 11 is 0. The van der Waals surface area contributed by atoms with Crippen molar-refractivity contribution in [2.45, 2.75) is 25.4 Å². The summed E-state index contributed by atoms with van der Waals surface area (Å²) in [5.41, 5.74) is 0. The molecule has 1 N–H and O–H groups in total. The van der Waals surface area contributed by atoms with Gasteiger partial charge in [0.15, 0.2) is 0 Å². The second-order valence-electron chi connectivity index (χ2n) is 5.89. The first-order valence-corrected chi connectivity index (χ1v) is 7.45. The summed E-state index contributed by atoms with van der Waals surface area (Å²) in [6.07, 6.45) is 4.50. The molecule has 0 radical (unpaired) electrons. The van der Waals surface area contributed by atoms with Gasteiger partial charge in [0.2, 0.25) is 0 Å². The van der Waals surface area contributed by atoms with Crippen molar-refractivity contribution in [2.75, 3.05) is 60.0 Å². The average Bonchev–Trinajstić information content (AvgIpc) is 2.38. The normalized spacial score (nSPS) is 28.7. The first-order chi connectivity index (χ1) is 8.78. The molecule has 0 aromatic rings. The minimum atomic E-state index is 0.428. The SMILES string of the molecule is CNCCC1CCN(CC2CN(C)CCO2)CC1. The molecule has 2 rings (SSSR count). The van der Waals surface area contributed by atoms with Crippen LogP contribution in [0.1, 0.15) is 19.3 Å². The van der Waals surface area contributed by atoms with E-state index in [0.29, 0.717) is 6.10 Å². The van der Waals surface area contributed by atoms with Gasteiger partial charge in [0.1, 0.15) is 0 Å². The van der Waals surface area contributed by atoms with Crippen molar-refractivity contribution in [3.63, 3.8) is 0 Å². The van der Waals surface area contributed by atoms with Crippen LogP contribution in [-0.2, 0) is 4.74 Å². The second kappa shape index (κ2) is 7.43. The van der Waals surface area contributed by atoms with E-state index in [0.717, 1.165) is 32.2 Å². The summed E-state index contributed by atoms with van der Waals surface area (Å²) in [4.78, 5) is 4.98. The van der Waals surface area contributed by atoms with Crippen LogP contribution < -0.4 is 5.32 Å². The van der Waals surface area contributed by atoms with Crippen molar-refractivity contribution in [3.8, 4) is 0 Å². The molecule has 2 aliphatic rings. The van der Waals surface area contributed by atoms with Crippen molar-refractivity contribution < 1.29 is 4.74 Å². The maximum Gasteiger partial charge on any atom is 0.0829 e. The number of nitrogens with one attached hydrogen (secondary N) is 1. The Kier molecular flexibility index (Phi) is 5.89. The third-order valence-electron chi connectivity index (χ3n) is 4.31. The molecule has 106 valence electrons. The van der Waals surface area contributed by atoms with Gasteiger partial charge in [-0.15, -0.1) is 0 Å². The smallest absolute Gasteiger partial charge is 0.0829 e. The van der Waals surface area contributed by atoms with Crippen LogP contribution in [0.2, 0.25) is 0 Å². The predicted octanol–water partition coefficient (Wildman–Crippen LogP) is 0.639. The van der Waals surface area contributed by atoms with Gasteiger partial charge in [0, 0.05) is 19.6 Å². The number of likely N-dealkylation sites (tertiary alicyclic amines) is 1. The summed E-state index contributed by atoms with van der Waals surface area (Å²) in [5.74, 6) is 0.934. The lowest BCUT2D eigenvalue weighted by molar-refractivity contribution is -0.0394. The van der Waals surface area contributed by atoms with Crippen LogP contribution in [0.5, 0.6) is 0 Å². The number of nitrogens with zero attached hydrogens (tertiary/aromatic N) is 2. The number of hydrogen-bond donors (Lipinski definition) is 1. The molecular formula is C14H29N3O. The Morgan fingerprint density at radius 2 is 2.00 bits per heavy atom. The lowest BCUT2D eigenvalue weighted by Crippen LogP contribution is -2.47. The van der Waals surface area contributed by atoms with Crippen molar-refractivity contribution in [1.29, 1.82) is 0 Å². The van der Waals surface area contributed by atoms with Gasteiger partial charge in [0.05, 0.1) is 12.7 Å². The van der Waals surface area contributed by atoms with Crippen molar-refractivity contribution in [3.05, 3.63) is 0 Å². The lowest BCUT2D eigenvalue weighted by atomic mass is 9.93. The summed E-state index contributed by atoms with van der Waals surface area (Å²) in [6, 6.07) is 0. The first kappa shape index (κ1) is 14.3. The van der Waals surface area contributed by atoms with Crippen LogP contribution in [0.4, 0.5) is 0 Å². The fourth-order valence-corrected chi connectivity index (χ4v) is 3.07. The Bertz CT molecular complexity index is 229. The van der Waals surface area contributed by atoms with Gasteiger partial charge in [-0.1, -0.05) is 0 Å². The highest BCUT2D eigenvalue weighted by molar-refractivity contribution is 4.78. The molecule has 0 aromatic heterocycles. The van der Waals surface area contributed by atoms with E-state index in [1.54, 1.807) is 0 Å². The van der Waals surface area contributed by atoms with E-state index in [4.69, 9.17) is 4.74 Å². The van der Waals surface area contributed by atoms with Crippen molar-refractivity contribution >= 4 is 0 Å². The van der Waals surface area contributed by atoms with E-state index in [-0.39, 0.29) is 0 Å². The van der Waals surface area contributed by atoms with Gasteiger partial charge >= 0.3 is 0 Å². The van der Waals surface area contributed by atoms with E-state index < -0.39 is 0 Å². The predicted molar refractivity (Wildman–Crippen MR) is 74.9 cm³/mol. The number of hydrogen-bond acceptors (Lipinski definition) is 4. The van der Waals surface area contributed by atoms with E-state index in [9.17, 15) is 0 Å². The summed E-state index contributed by atoms with van der Waals surface area (Å²) in [5, 5.41) is 3.26. The van der Waals surface area contributed by atoms with Crippen LogP contribution in [0.25, 0.3) is 0 Å². The van der Waals surface area contributed by atoms with Crippen LogP contribution in [0.3, 0.4) is 0 Å². The standard InChI is InChI=1S/C14H29N3O/c1-15-6-3-13-4-7-17(8-5-13)12-14-11-16(2)9-10-18-14/h13-15H,3-12H2,1-2H3. The molecule has 2 saturated heterocycles. The topological polar surface area (TPSA) is 27.7 Å². The monoisotopic (exact) mass is 255 g/mol. The highest BCUT2D eigenvalue weighted by atomic mass is 16.5. The first-order valence-electron chi connectivity index (χ1n) is 7.45. The molecule has 2 heterocycles. The Labute approximate surface area is 112 Å². The highest BCUT2D eigenvalue weighted by Gasteiger charge is 2.24. The molecule has 18 heavy (non-hydrogen) atoms. The number of morpholine rings is 1. The third kappa shape index (κ3) is 4.50. The third-order valence-corrected chi connectivity index (χ3v) is 4.31. The van der Waals surface area contributed by atoms with Crippen molar-refractivity contribution in [1.82, 2.24) is 15.1 Å². The van der Waals surface area contributed by atoms with Crippen LogP contribution >= 0.6 is 0 Å². The van der Waals surface area contributed by atoms with E-state index in [1.807, 2.05) is 7.05 Å². The Balaban J connectivity index is 1.63. The second-order valence-corrected chi connectivity index (χ2v) is 5.89. The molecule has 1 unspecified atom stereocenters. The molecule has 4 nitrogen and oxygen atoms in total. The summed E-state index contributed by atoms with van der Waals surface area (Å²) < 4.78 is 5.85. The minimum absolute atomic E-state index is 0.428. The molecule has 0 amide bonds. The zero-order valence-electron chi connectivity index (χ0n) is 12.0. The molecule has 0 bridgehead atoms. The maximum atomic E-state index is 5.85. The fraction of sp³-hybridized carbons (Fsp3) is 1.00. The summed E-state index contributed by atoms with van der Waals surface area (Å²) in [7, 11) is 4.24. The van der Waals surface area contributed by atoms with Gasteiger partial charge in [-0.05, 0) is 58.9 Å². The lowest BCUT2D eigenvalue weighted by Gasteiger charge is -2.37. The zero-order valence-corrected chi connectivity index (χ0v) is 12.0. The molecule has 0 aliphatic carbocycles. The maximum absolute atomic E-state index is 5.85. The Morgan fingerprint density at radius 3 is 2.67 bits per heavy atom. The molecule has 0 saturated carbocycles. The number of rotatable bonds is 5. The Hall–Kier alpha value is -0.160. The van der Waals surface area contributed by atoms with Crippen molar-refractivity contribution in [2.24, 2.45) is 5.92 Å².